The fraction of sp³-hybridized carbons (Fsp3) is 0.500. The van der Waals surface area contributed by atoms with Crippen LogP contribution >= 0.6 is 0 Å². The fourth-order valence-corrected chi connectivity index (χ4v) is 2.25. The maximum atomic E-state index is 11.0. The van der Waals surface area contributed by atoms with Gasteiger partial charge in [-0.3, -0.25) is 4.98 Å². The molecular formula is C12H16N6O2. The third-order valence-electron chi connectivity index (χ3n) is 3.35. The molecule has 8 heteroatoms. The Balaban J connectivity index is 1.75. The lowest BCUT2D eigenvalue weighted by atomic mass is 10.0. The van der Waals surface area contributed by atoms with Crippen molar-refractivity contribution in [3.63, 3.8) is 0 Å². The maximum absolute atomic E-state index is 11.0. The van der Waals surface area contributed by atoms with E-state index in [-0.39, 0.29) is 5.69 Å². The molecule has 2 N–H and O–H groups in total. The molecule has 0 spiro atoms. The summed E-state index contributed by atoms with van der Waals surface area (Å²) in [4.78, 5) is 24.1. The summed E-state index contributed by atoms with van der Waals surface area (Å²) in [6.45, 7) is 1.97. The van der Waals surface area contributed by atoms with Crippen LogP contribution in [-0.2, 0) is 11.3 Å². The third kappa shape index (κ3) is 2.69. The van der Waals surface area contributed by atoms with Crippen LogP contribution in [0.15, 0.2) is 17.2 Å². The Morgan fingerprint density at radius 1 is 1.50 bits per heavy atom. The monoisotopic (exact) mass is 276 g/mol. The zero-order chi connectivity index (χ0) is 13.9. The molecule has 1 unspecified atom stereocenters. The smallest absolute Gasteiger partial charge is 0.340 e. The number of anilines is 1. The summed E-state index contributed by atoms with van der Waals surface area (Å²) in [6, 6.07) is 1.96. The highest BCUT2D eigenvalue weighted by atomic mass is 16.5. The van der Waals surface area contributed by atoms with Gasteiger partial charge in [0.15, 0.2) is 0 Å². The SMILES string of the molecule is CN(Cc1n[nH]c(=O)[nH]1)c1cc(C2CCOC2)ncn1. The minimum absolute atomic E-state index is 0.306. The van der Waals surface area contributed by atoms with Crippen LogP contribution < -0.4 is 10.6 Å². The summed E-state index contributed by atoms with van der Waals surface area (Å²) in [5.74, 6) is 1.71. The molecule has 0 radical (unpaired) electrons. The summed E-state index contributed by atoms with van der Waals surface area (Å²) in [7, 11) is 1.89. The number of hydrogen-bond acceptors (Lipinski definition) is 6. The molecule has 8 nitrogen and oxygen atoms in total. The lowest BCUT2D eigenvalue weighted by molar-refractivity contribution is 0.193. The van der Waals surface area contributed by atoms with E-state index in [9.17, 15) is 4.79 Å². The van der Waals surface area contributed by atoms with Gasteiger partial charge in [0.25, 0.3) is 0 Å². The maximum Gasteiger partial charge on any atom is 0.340 e. The predicted molar refractivity (Wildman–Crippen MR) is 71.5 cm³/mol. The minimum Gasteiger partial charge on any atom is -0.381 e. The van der Waals surface area contributed by atoms with Crippen molar-refractivity contribution in [3.8, 4) is 0 Å². The van der Waals surface area contributed by atoms with Gasteiger partial charge in [0.05, 0.1) is 18.8 Å². The van der Waals surface area contributed by atoms with Crippen LogP contribution in [0.2, 0.25) is 0 Å². The Morgan fingerprint density at radius 3 is 3.10 bits per heavy atom. The quantitative estimate of drug-likeness (QED) is 0.817. The van der Waals surface area contributed by atoms with E-state index in [2.05, 4.69) is 25.1 Å². The molecule has 20 heavy (non-hydrogen) atoms. The molecule has 2 aromatic heterocycles. The molecule has 1 aliphatic heterocycles. The van der Waals surface area contributed by atoms with Gasteiger partial charge in [-0.1, -0.05) is 0 Å². The number of H-pyrrole nitrogens is 2. The summed E-state index contributed by atoms with van der Waals surface area (Å²) >= 11 is 0. The van der Waals surface area contributed by atoms with Gasteiger partial charge in [0.2, 0.25) is 0 Å². The first-order chi connectivity index (χ1) is 9.72. The van der Waals surface area contributed by atoms with Gasteiger partial charge in [0, 0.05) is 25.6 Å². The van der Waals surface area contributed by atoms with Crippen LogP contribution in [-0.4, -0.2) is 45.4 Å². The number of nitrogens with one attached hydrogen (secondary N) is 2. The van der Waals surface area contributed by atoms with E-state index in [0.717, 1.165) is 24.5 Å². The fourth-order valence-electron chi connectivity index (χ4n) is 2.25. The van der Waals surface area contributed by atoms with Gasteiger partial charge in [0.1, 0.15) is 18.0 Å². The third-order valence-corrected chi connectivity index (χ3v) is 3.35. The summed E-state index contributed by atoms with van der Waals surface area (Å²) in [5, 5.41) is 6.23. The van der Waals surface area contributed by atoms with Crippen molar-refractivity contribution in [2.24, 2.45) is 0 Å². The standard InChI is InChI=1S/C12H16N6O2/c1-18(5-10-15-12(19)17-16-10)11-4-9(13-7-14-11)8-2-3-20-6-8/h4,7-8H,2-3,5-6H2,1H3,(H2,15,16,17,19). The van der Waals surface area contributed by atoms with Crippen LogP contribution in [0.5, 0.6) is 0 Å². The first-order valence-electron chi connectivity index (χ1n) is 6.47. The first-order valence-corrected chi connectivity index (χ1v) is 6.47. The van der Waals surface area contributed by atoms with Crippen molar-refractivity contribution >= 4 is 5.82 Å². The van der Waals surface area contributed by atoms with Crippen LogP contribution in [0.25, 0.3) is 0 Å². The molecule has 0 amide bonds. The van der Waals surface area contributed by atoms with Gasteiger partial charge >= 0.3 is 5.69 Å². The lowest BCUT2D eigenvalue weighted by Gasteiger charge is -2.17. The number of nitrogens with zero attached hydrogens (tertiary/aromatic N) is 4. The number of ether oxygens (including phenoxy) is 1. The van der Waals surface area contributed by atoms with Crippen LogP contribution in [0.3, 0.4) is 0 Å². The molecule has 3 heterocycles. The molecule has 0 bridgehead atoms. The molecule has 1 fully saturated rings. The van der Waals surface area contributed by atoms with Gasteiger partial charge in [-0.2, -0.15) is 5.10 Å². The summed E-state index contributed by atoms with van der Waals surface area (Å²) in [6.07, 6.45) is 2.56. The van der Waals surface area contributed by atoms with E-state index < -0.39 is 0 Å². The Kier molecular flexibility index (Phi) is 3.46. The second-order valence-electron chi connectivity index (χ2n) is 4.84. The van der Waals surface area contributed by atoms with Crippen molar-refractivity contribution in [2.75, 3.05) is 25.2 Å². The molecule has 0 aliphatic carbocycles. The van der Waals surface area contributed by atoms with Gasteiger partial charge < -0.3 is 9.64 Å². The molecule has 0 saturated carbocycles. The molecule has 1 aliphatic rings. The second kappa shape index (κ2) is 5.41. The largest absolute Gasteiger partial charge is 0.381 e. The molecule has 1 atom stereocenters. The predicted octanol–water partition coefficient (Wildman–Crippen LogP) is 0.0283. The van der Waals surface area contributed by atoms with E-state index >= 15 is 0 Å². The Bertz CT molecular complexity index is 631. The highest BCUT2D eigenvalue weighted by Crippen LogP contribution is 2.25. The zero-order valence-electron chi connectivity index (χ0n) is 11.2. The normalized spacial score (nSPS) is 18.4. The molecule has 106 valence electrons. The molecule has 2 aromatic rings. The Hall–Kier alpha value is -2.22. The van der Waals surface area contributed by atoms with Crippen molar-refractivity contribution in [1.29, 1.82) is 0 Å². The number of aromatic amines is 2. The number of hydrogen-bond donors (Lipinski definition) is 2. The van der Waals surface area contributed by atoms with Crippen LogP contribution in [0.1, 0.15) is 23.9 Å². The van der Waals surface area contributed by atoms with E-state index in [1.54, 1.807) is 6.33 Å². The summed E-state index contributed by atoms with van der Waals surface area (Å²) < 4.78 is 5.38. The van der Waals surface area contributed by atoms with E-state index in [4.69, 9.17) is 4.74 Å². The van der Waals surface area contributed by atoms with Gasteiger partial charge in [-0.25, -0.2) is 19.9 Å². The van der Waals surface area contributed by atoms with Crippen LogP contribution in [0, 0.1) is 0 Å². The minimum atomic E-state index is -0.306. The number of rotatable bonds is 4. The lowest BCUT2D eigenvalue weighted by Crippen LogP contribution is -2.19. The Labute approximate surface area is 115 Å². The highest BCUT2D eigenvalue weighted by molar-refractivity contribution is 5.38. The van der Waals surface area contributed by atoms with E-state index in [1.807, 2.05) is 18.0 Å². The van der Waals surface area contributed by atoms with Crippen molar-refractivity contribution in [1.82, 2.24) is 25.1 Å². The van der Waals surface area contributed by atoms with Gasteiger partial charge in [-0.15, -0.1) is 0 Å². The van der Waals surface area contributed by atoms with Crippen molar-refractivity contribution in [3.05, 3.63) is 34.4 Å². The Morgan fingerprint density at radius 2 is 2.40 bits per heavy atom. The van der Waals surface area contributed by atoms with Gasteiger partial charge in [-0.05, 0) is 6.42 Å². The first kappa shape index (κ1) is 12.8. The molecule has 0 aromatic carbocycles. The average molecular weight is 276 g/mol. The second-order valence-corrected chi connectivity index (χ2v) is 4.84. The zero-order valence-corrected chi connectivity index (χ0v) is 11.2. The molecular weight excluding hydrogens is 260 g/mol. The summed E-state index contributed by atoms with van der Waals surface area (Å²) in [5.41, 5.74) is 0.690. The number of aromatic nitrogens is 5. The van der Waals surface area contributed by atoms with Crippen LogP contribution in [0.4, 0.5) is 5.82 Å². The highest BCUT2D eigenvalue weighted by Gasteiger charge is 2.20. The molecule has 1 saturated heterocycles. The van der Waals surface area contributed by atoms with E-state index in [0.29, 0.717) is 24.9 Å². The molecule has 3 rings (SSSR count). The van der Waals surface area contributed by atoms with Crippen molar-refractivity contribution in [2.45, 2.75) is 18.9 Å². The average Bonchev–Trinajstić information content (AvgIpc) is 3.11. The topological polar surface area (TPSA) is 99.8 Å². The van der Waals surface area contributed by atoms with E-state index in [1.165, 1.54) is 0 Å². The van der Waals surface area contributed by atoms with Crippen molar-refractivity contribution < 1.29 is 4.74 Å².